The highest BCUT2D eigenvalue weighted by molar-refractivity contribution is 8.18. The molecule has 4 aromatic rings. The number of hydrogen-bond acceptors (Lipinski definition) is 4. The number of carbonyl (C=O) groups excluding carboxylic acids is 1. The van der Waals surface area contributed by atoms with E-state index < -0.39 is 0 Å². The molecule has 1 aliphatic rings. The van der Waals surface area contributed by atoms with Crippen molar-refractivity contribution in [3.8, 4) is 5.75 Å². The largest absolute Gasteiger partial charge is 0.489 e. The Morgan fingerprint density at radius 2 is 1.67 bits per heavy atom. The summed E-state index contributed by atoms with van der Waals surface area (Å²) >= 11 is 1.25. The van der Waals surface area contributed by atoms with Crippen LogP contribution in [0.15, 0.2) is 101 Å². The minimum atomic E-state index is -0.327. The first-order valence-corrected chi connectivity index (χ1v) is 11.2. The van der Waals surface area contributed by atoms with E-state index in [1.54, 1.807) is 12.1 Å². The van der Waals surface area contributed by atoms with Crippen molar-refractivity contribution >= 4 is 45.4 Å². The van der Waals surface area contributed by atoms with Crippen molar-refractivity contribution in [2.75, 3.05) is 0 Å². The molecule has 1 amide bonds. The molecular formula is C27H19FN2O2S. The van der Waals surface area contributed by atoms with Crippen molar-refractivity contribution in [3.05, 3.63) is 113 Å². The molecule has 1 saturated heterocycles. The predicted octanol–water partition coefficient (Wildman–Crippen LogP) is 6.45. The second-order valence-electron chi connectivity index (χ2n) is 7.45. The molecule has 0 radical (unpaired) electrons. The number of ether oxygens (including phenoxy) is 1. The number of carbonyl (C=O) groups is 1. The number of hydrogen-bond donors (Lipinski definition) is 1. The van der Waals surface area contributed by atoms with E-state index >= 15 is 0 Å². The quantitative estimate of drug-likeness (QED) is 0.353. The first kappa shape index (κ1) is 21.0. The Labute approximate surface area is 194 Å². The van der Waals surface area contributed by atoms with E-state index in [-0.39, 0.29) is 11.7 Å². The van der Waals surface area contributed by atoms with Crippen molar-refractivity contribution < 1.29 is 13.9 Å². The number of nitrogens with zero attached hydrogens (tertiary/aromatic N) is 1. The van der Waals surface area contributed by atoms with E-state index in [2.05, 4.69) is 34.6 Å². The Balaban J connectivity index is 1.25. The number of amidine groups is 1. The van der Waals surface area contributed by atoms with Crippen LogP contribution in [0.4, 0.5) is 10.1 Å². The van der Waals surface area contributed by atoms with Gasteiger partial charge in [0.1, 0.15) is 18.2 Å². The van der Waals surface area contributed by atoms with Crippen molar-refractivity contribution in [2.24, 2.45) is 4.99 Å². The molecule has 1 aliphatic heterocycles. The molecule has 33 heavy (non-hydrogen) atoms. The van der Waals surface area contributed by atoms with Crippen LogP contribution in [0.1, 0.15) is 11.1 Å². The molecule has 4 nitrogen and oxygen atoms in total. The van der Waals surface area contributed by atoms with Crippen molar-refractivity contribution in [1.82, 2.24) is 5.32 Å². The van der Waals surface area contributed by atoms with Gasteiger partial charge in [-0.2, -0.15) is 0 Å². The second-order valence-corrected chi connectivity index (χ2v) is 8.48. The Kier molecular flexibility index (Phi) is 5.91. The first-order chi connectivity index (χ1) is 16.1. The van der Waals surface area contributed by atoms with E-state index in [1.807, 2.05) is 48.5 Å². The van der Waals surface area contributed by atoms with Crippen molar-refractivity contribution in [3.63, 3.8) is 0 Å². The zero-order valence-electron chi connectivity index (χ0n) is 17.5. The summed E-state index contributed by atoms with van der Waals surface area (Å²) in [5, 5.41) is 5.58. The SMILES string of the molecule is O=C1NC(=Nc2ccc(F)cc2)S/C1=C/c1ccc(OCc2cccc3ccccc23)cc1. The van der Waals surface area contributed by atoms with Gasteiger partial charge >= 0.3 is 0 Å². The number of fused-ring (bicyclic) bond motifs is 1. The van der Waals surface area contributed by atoms with Crippen molar-refractivity contribution in [1.29, 1.82) is 0 Å². The minimum absolute atomic E-state index is 0.211. The number of thioether (sulfide) groups is 1. The number of rotatable bonds is 5. The number of benzene rings is 4. The van der Waals surface area contributed by atoms with Gasteiger partial charge in [-0.1, -0.05) is 54.6 Å². The predicted molar refractivity (Wildman–Crippen MR) is 132 cm³/mol. The van der Waals surface area contributed by atoms with Crippen LogP contribution in [0.25, 0.3) is 16.8 Å². The molecule has 4 aromatic carbocycles. The normalized spacial score (nSPS) is 15.8. The fourth-order valence-corrected chi connectivity index (χ4v) is 4.35. The summed E-state index contributed by atoms with van der Waals surface area (Å²) in [5.74, 6) is 0.219. The molecule has 162 valence electrons. The highest BCUT2D eigenvalue weighted by Gasteiger charge is 2.23. The molecular weight excluding hydrogens is 435 g/mol. The molecule has 0 aromatic heterocycles. The molecule has 0 spiro atoms. The molecule has 0 aliphatic carbocycles. The maximum absolute atomic E-state index is 13.1. The van der Waals surface area contributed by atoms with Gasteiger partial charge in [-0.05, 0) is 76.1 Å². The van der Waals surface area contributed by atoms with Crippen LogP contribution in [0, 0.1) is 5.82 Å². The summed E-state index contributed by atoms with van der Waals surface area (Å²) < 4.78 is 19.0. The zero-order valence-corrected chi connectivity index (χ0v) is 18.3. The lowest BCUT2D eigenvalue weighted by molar-refractivity contribution is -0.115. The van der Waals surface area contributed by atoms with Gasteiger partial charge in [-0.3, -0.25) is 4.79 Å². The van der Waals surface area contributed by atoms with Gasteiger partial charge in [0.2, 0.25) is 0 Å². The lowest BCUT2D eigenvalue weighted by Crippen LogP contribution is -2.19. The summed E-state index contributed by atoms with van der Waals surface area (Å²) in [5.41, 5.74) is 2.59. The standard InChI is InChI=1S/C27H19FN2O2S/c28-21-10-12-22(13-11-21)29-27-30-26(31)25(33-27)16-18-8-14-23(15-9-18)32-17-20-6-3-5-19-4-1-2-7-24(19)20/h1-16H,17H2,(H,29,30,31)/b25-16+. The van der Waals surface area contributed by atoms with E-state index in [4.69, 9.17) is 4.74 Å². The molecule has 6 heteroatoms. The van der Waals surface area contributed by atoms with Gasteiger partial charge < -0.3 is 10.1 Å². The molecule has 0 saturated carbocycles. The smallest absolute Gasteiger partial charge is 0.264 e. The van der Waals surface area contributed by atoms with Crippen molar-refractivity contribution in [2.45, 2.75) is 6.61 Å². The Morgan fingerprint density at radius 3 is 2.48 bits per heavy atom. The number of halogens is 1. The Hall–Kier alpha value is -3.90. The summed E-state index contributed by atoms with van der Waals surface area (Å²) in [7, 11) is 0. The average molecular weight is 455 g/mol. The van der Waals surface area contributed by atoms with Crippen LogP contribution < -0.4 is 10.1 Å². The van der Waals surface area contributed by atoms with E-state index in [1.165, 1.54) is 34.7 Å². The average Bonchev–Trinajstić information content (AvgIpc) is 3.18. The number of nitrogens with one attached hydrogen (secondary N) is 1. The number of aliphatic imine (C=N–C) groups is 1. The lowest BCUT2D eigenvalue weighted by atomic mass is 10.1. The van der Waals surface area contributed by atoms with Crippen LogP contribution in [-0.4, -0.2) is 11.1 Å². The third kappa shape index (κ3) is 4.96. The maximum Gasteiger partial charge on any atom is 0.264 e. The molecule has 5 rings (SSSR count). The van der Waals surface area contributed by atoms with Gasteiger partial charge in [0.05, 0.1) is 10.6 Å². The van der Waals surface area contributed by atoms with Crippen LogP contribution in [0.3, 0.4) is 0 Å². The van der Waals surface area contributed by atoms with Crippen LogP contribution in [0.5, 0.6) is 5.75 Å². The third-order valence-corrected chi connectivity index (χ3v) is 6.07. The third-order valence-electron chi connectivity index (χ3n) is 5.16. The summed E-state index contributed by atoms with van der Waals surface area (Å²) in [6.07, 6.45) is 1.81. The molecule has 0 bridgehead atoms. The molecule has 1 heterocycles. The molecule has 0 atom stereocenters. The lowest BCUT2D eigenvalue weighted by Gasteiger charge is -2.09. The minimum Gasteiger partial charge on any atom is -0.489 e. The first-order valence-electron chi connectivity index (χ1n) is 10.4. The van der Waals surface area contributed by atoms with Gasteiger partial charge in [0.25, 0.3) is 5.91 Å². The molecule has 0 unspecified atom stereocenters. The summed E-state index contributed by atoms with van der Waals surface area (Å²) in [6, 6.07) is 27.8. The maximum atomic E-state index is 13.1. The molecule has 1 N–H and O–H groups in total. The second kappa shape index (κ2) is 9.30. The van der Waals surface area contributed by atoms with Gasteiger partial charge in [-0.25, -0.2) is 9.38 Å². The fourth-order valence-electron chi connectivity index (χ4n) is 3.50. The van der Waals surface area contributed by atoms with Crippen LogP contribution >= 0.6 is 11.8 Å². The highest BCUT2D eigenvalue weighted by atomic mass is 32.2. The summed E-state index contributed by atoms with van der Waals surface area (Å²) in [4.78, 5) is 17.2. The Morgan fingerprint density at radius 1 is 0.909 bits per heavy atom. The van der Waals surface area contributed by atoms with Crippen LogP contribution in [0.2, 0.25) is 0 Å². The number of amides is 1. The van der Waals surface area contributed by atoms with E-state index in [0.717, 1.165) is 16.9 Å². The van der Waals surface area contributed by atoms with Crippen LogP contribution in [-0.2, 0) is 11.4 Å². The monoisotopic (exact) mass is 454 g/mol. The fraction of sp³-hybridized carbons (Fsp3) is 0.0370. The van der Waals surface area contributed by atoms with Gasteiger partial charge in [-0.15, -0.1) is 0 Å². The zero-order chi connectivity index (χ0) is 22.6. The van der Waals surface area contributed by atoms with Gasteiger partial charge in [0, 0.05) is 0 Å². The van der Waals surface area contributed by atoms with Gasteiger partial charge in [0.15, 0.2) is 5.17 Å². The van der Waals surface area contributed by atoms with E-state index in [9.17, 15) is 9.18 Å². The summed E-state index contributed by atoms with van der Waals surface area (Å²) in [6.45, 7) is 0.475. The topological polar surface area (TPSA) is 50.7 Å². The Bertz CT molecular complexity index is 1370. The highest BCUT2D eigenvalue weighted by Crippen LogP contribution is 2.29. The van der Waals surface area contributed by atoms with E-state index in [0.29, 0.717) is 22.4 Å². The molecule has 1 fully saturated rings.